The number of anilines is 1. The van der Waals surface area contributed by atoms with Crippen molar-refractivity contribution in [3.05, 3.63) is 59.2 Å². The van der Waals surface area contributed by atoms with Crippen LogP contribution in [0.1, 0.15) is 39.0 Å². The first-order valence-corrected chi connectivity index (χ1v) is 9.08. The largest absolute Gasteiger partial charge is 0.278 e. The quantitative estimate of drug-likeness (QED) is 0.887. The summed E-state index contributed by atoms with van der Waals surface area (Å²) in [5, 5.41) is 0.372. The number of aromatic nitrogens is 1. The van der Waals surface area contributed by atoms with Crippen LogP contribution in [0.5, 0.6) is 0 Å². The number of rotatable bonds is 4. The molecule has 1 heterocycles. The van der Waals surface area contributed by atoms with Gasteiger partial charge in [-0.25, -0.2) is 8.42 Å². The summed E-state index contributed by atoms with van der Waals surface area (Å²) in [5.41, 5.74) is 1.93. The zero-order valence-electron chi connectivity index (χ0n) is 13.6. The van der Waals surface area contributed by atoms with Gasteiger partial charge in [0.05, 0.1) is 21.3 Å². The SMILES string of the molecule is C[CH]c1ncc(Cl)cc1NS(=O)(=O)c1ccc(C(C)(C)C)cc1. The highest BCUT2D eigenvalue weighted by atomic mass is 35.5. The van der Waals surface area contributed by atoms with E-state index in [-0.39, 0.29) is 10.3 Å². The number of nitrogens with zero attached hydrogens (tertiary/aromatic N) is 1. The zero-order valence-corrected chi connectivity index (χ0v) is 15.2. The molecule has 0 fully saturated rings. The minimum absolute atomic E-state index is 0.0308. The fourth-order valence-electron chi connectivity index (χ4n) is 2.10. The van der Waals surface area contributed by atoms with Crippen molar-refractivity contribution in [2.45, 2.75) is 38.0 Å². The Kier molecular flexibility index (Phi) is 5.01. The molecule has 0 atom stereocenters. The second-order valence-electron chi connectivity index (χ2n) is 6.25. The van der Waals surface area contributed by atoms with Gasteiger partial charge in [0.1, 0.15) is 0 Å². The van der Waals surface area contributed by atoms with Crippen molar-refractivity contribution in [3.8, 4) is 0 Å². The molecule has 0 amide bonds. The van der Waals surface area contributed by atoms with Crippen molar-refractivity contribution in [2.24, 2.45) is 0 Å². The Hall–Kier alpha value is -1.59. The molecule has 0 aliphatic carbocycles. The zero-order chi connectivity index (χ0) is 17.3. The monoisotopic (exact) mass is 351 g/mol. The summed E-state index contributed by atoms with van der Waals surface area (Å²) in [5.74, 6) is 0. The molecule has 1 aromatic heterocycles. The van der Waals surface area contributed by atoms with Crippen LogP contribution in [0.25, 0.3) is 0 Å². The molecule has 6 heteroatoms. The smallest absolute Gasteiger partial charge is 0.261 e. The van der Waals surface area contributed by atoms with Gasteiger partial charge < -0.3 is 0 Å². The van der Waals surface area contributed by atoms with Gasteiger partial charge in [0, 0.05) is 12.6 Å². The number of nitrogens with one attached hydrogen (secondary N) is 1. The molecule has 0 saturated heterocycles. The Morgan fingerprint density at radius 2 is 1.78 bits per heavy atom. The standard InChI is InChI=1S/C17H20ClN2O2S/c1-5-15-16(10-13(18)11-19-15)20-23(21,22)14-8-6-12(7-9-14)17(2,3)4/h5-11,20H,1-4H3. The van der Waals surface area contributed by atoms with Crippen molar-refractivity contribution in [2.75, 3.05) is 4.72 Å². The van der Waals surface area contributed by atoms with Crippen molar-refractivity contribution in [3.63, 3.8) is 0 Å². The molecule has 123 valence electrons. The van der Waals surface area contributed by atoms with Gasteiger partial charge in [0.25, 0.3) is 10.0 Å². The Balaban J connectivity index is 2.34. The van der Waals surface area contributed by atoms with E-state index in [4.69, 9.17) is 11.6 Å². The molecular formula is C17H20ClN2O2S. The van der Waals surface area contributed by atoms with Gasteiger partial charge in [-0.2, -0.15) is 0 Å². The molecule has 2 aromatic rings. The summed E-state index contributed by atoms with van der Waals surface area (Å²) in [6.45, 7) is 8.02. The Morgan fingerprint density at radius 3 is 2.30 bits per heavy atom. The molecule has 0 aliphatic rings. The van der Waals surface area contributed by atoms with Crippen LogP contribution >= 0.6 is 11.6 Å². The van der Waals surface area contributed by atoms with Crippen LogP contribution < -0.4 is 4.72 Å². The maximum absolute atomic E-state index is 12.5. The lowest BCUT2D eigenvalue weighted by Gasteiger charge is -2.19. The summed E-state index contributed by atoms with van der Waals surface area (Å²) in [7, 11) is -3.69. The van der Waals surface area contributed by atoms with E-state index in [0.29, 0.717) is 16.4 Å². The molecule has 0 saturated carbocycles. The van der Waals surface area contributed by atoms with Crippen molar-refractivity contribution < 1.29 is 8.42 Å². The molecule has 1 aromatic carbocycles. The molecule has 1 radical (unpaired) electrons. The highest BCUT2D eigenvalue weighted by Crippen LogP contribution is 2.26. The summed E-state index contributed by atoms with van der Waals surface area (Å²) < 4.78 is 27.6. The second-order valence-corrected chi connectivity index (χ2v) is 8.37. The Labute approximate surface area is 143 Å². The first-order valence-electron chi connectivity index (χ1n) is 7.22. The van der Waals surface area contributed by atoms with E-state index < -0.39 is 10.0 Å². The first kappa shape index (κ1) is 17.8. The second kappa shape index (κ2) is 6.49. The molecule has 23 heavy (non-hydrogen) atoms. The van der Waals surface area contributed by atoms with Crippen LogP contribution in [0.2, 0.25) is 5.02 Å². The first-order chi connectivity index (χ1) is 10.6. The van der Waals surface area contributed by atoms with Crippen molar-refractivity contribution in [1.82, 2.24) is 4.98 Å². The third-order valence-corrected chi connectivity index (χ3v) is 5.02. The van der Waals surface area contributed by atoms with Crippen LogP contribution in [-0.2, 0) is 15.4 Å². The summed E-state index contributed by atoms with van der Waals surface area (Å²) in [6, 6.07) is 8.42. The van der Waals surface area contributed by atoms with E-state index >= 15 is 0 Å². The van der Waals surface area contributed by atoms with Gasteiger partial charge in [0.15, 0.2) is 0 Å². The normalized spacial score (nSPS) is 12.2. The average Bonchev–Trinajstić information content (AvgIpc) is 2.46. The predicted molar refractivity (Wildman–Crippen MR) is 94.3 cm³/mol. The number of halogens is 1. The van der Waals surface area contributed by atoms with Gasteiger partial charge in [-0.15, -0.1) is 0 Å². The number of pyridine rings is 1. The third kappa shape index (κ3) is 4.24. The minimum atomic E-state index is -3.69. The van der Waals surface area contributed by atoms with E-state index in [9.17, 15) is 8.42 Å². The Morgan fingerprint density at radius 1 is 1.17 bits per heavy atom. The maximum atomic E-state index is 12.5. The molecule has 0 aliphatic heterocycles. The van der Waals surface area contributed by atoms with Crippen molar-refractivity contribution >= 4 is 27.3 Å². The van der Waals surface area contributed by atoms with Crippen LogP contribution in [0.4, 0.5) is 5.69 Å². The molecule has 0 spiro atoms. The third-order valence-electron chi connectivity index (χ3n) is 3.43. The number of benzene rings is 1. The lowest BCUT2D eigenvalue weighted by molar-refractivity contribution is 0.587. The van der Waals surface area contributed by atoms with Crippen LogP contribution in [0.3, 0.4) is 0 Å². The topological polar surface area (TPSA) is 59.1 Å². The maximum Gasteiger partial charge on any atom is 0.261 e. The van der Waals surface area contributed by atoms with E-state index in [2.05, 4.69) is 30.5 Å². The minimum Gasteiger partial charge on any atom is -0.278 e. The van der Waals surface area contributed by atoms with Gasteiger partial charge in [-0.05, 0) is 29.2 Å². The van der Waals surface area contributed by atoms with Crippen LogP contribution in [0.15, 0.2) is 41.4 Å². The number of hydrogen-bond acceptors (Lipinski definition) is 3. The van der Waals surface area contributed by atoms with E-state index in [1.54, 1.807) is 31.5 Å². The van der Waals surface area contributed by atoms with E-state index in [1.165, 1.54) is 6.20 Å². The molecule has 4 nitrogen and oxygen atoms in total. The summed E-state index contributed by atoms with van der Waals surface area (Å²) in [4.78, 5) is 4.31. The van der Waals surface area contributed by atoms with Crippen molar-refractivity contribution in [1.29, 1.82) is 0 Å². The fourth-order valence-corrected chi connectivity index (χ4v) is 3.32. The molecule has 1 N–H and O–H groups in total. The van der Waals surface area contributed by atoms with E-state index in [0.717, 1.165) is 5.56 Å². The average molecular weight is 352 g/mol. The Bertz CT molecular complexity index is 794. The number of sulfonamides is 1. The van der Waals surface area contributed by atoms with Gasteiger partial charge in [-0.3, -0.25) is 9.71 Å². The highest BCUT2D eigenvalue weighted by molar-refractivity contribution is 7.92. The lowest BCUT2D eigenvalue weighted by atomic mass is 9.87. The molecule has 0 unspecified atom stereocenters. The lowest BCUT2D eigenvalue weighted by Crippen LogP contribution is -2.16. The van der Waals surface area contributed by atoms with Gasteiger partial charge in [-0.1, -0.05) is 51.4 Å². The number of hydrogen-bond donors (Lipinski definition) is 1. The van der Waals surface area contributed by atoms with Gasteiger partial charge in [0.2, 0.25) is 0 Å². The molecular weight excluding hydrogens is 332 g/mol. The van der Waals surface area contributed by atoms with Crippen LogP contribution in [0, 0.1) is 6.42 Å². The fraction of sp³-hybridized carbons (Fsp3) is 0.294. The summed E-state index contributed by atoms with van der Waals surface area (Å²) in [6.07, 6.45) is 3.20. The van der Waals surface area contributed by atoms with Gasteiger partial charge >= 0.3 is 0 Å². The highest BCUT2D eigenvalue weighted by Gasteiger charge is 2.19. The van der Waals surface area contributed by atoms with Crippen LogP contribution in [-0.4, -0.2) is 13.4 Å². The molecule has 2 rings (SSSR count). The predicted octanol–water partition coefficient (Wildman–Crippen LogP) is 4.41. The molecule has 0 bridgehead atoms. The summed E-state index contributed by atoms with van der Waals surface area (Å²) >= 11 is 5.91. The van der Waals surface area contributed by atoms with E-state index in [1.807, 2.05) is 12.1 Å².